The van der Waals surface area contributed by atoms with Gasteiger partial charge in [-0.2, -0.15) is 0 Å². The highest BCUT2D eigenvalue weighted by Crippen LogP contribution is 2.50. The lowest BCUT2D eigenvalue weighted by Gasteiger charge is -2.40. The van der Waals surface area contributed by atoms with Crippen molar-refractivity contribution in [3.8, 4) is 0 Å². The third-order valence-electron chi connectivity index (χ3n) is 3.79. The molecule has 0 aliphatic carbocycles. The normalized spacial score (nSPS) is 27.6. The van der Waals surface area contributed by atoms with Crippen molar-refractivity contribution in [3.63, 3.8) is 0 Å². The van der Waals surface area contributed by atoms with Crippen LogP contribution in [0.4, 0.5) is 0 Å². The van der Waals surface area contributed by atoms with Gasteiger partial charge in [0, 0.05) is 24.2 Å². The molecule has 0 saturated carbocycles. The number of rotatable bonds is 7. The fraction of sp³-hybridized carbons (Fsp3) is 0.800. The predicted octanol–water partition coefficient (Wildman–Crippen LogP) is 4.81. The molecule has 0 N–H and O–H groups in total. The summed E-state index contributed by atoms with van der Waals surface area (Å²) in [5.41, 5.74) is 0. The summed E-state index contributed by atoms with van der Waals surface area (Å²) in [6.07, 6.45) is 14.0. The van der Waals surface area contributed by atoms with Gasteiger partial charge in [-0.1, -0.05) is 33.1 Å². The molecule has 2 rings (SSSR count). The largest absolute Gasteiger partial charge is 0.335 e. The summed E-state index contributed by atoms with van der Waals surface area (Å²) in [6, 6.07) is 0. The fourth-order valence-corrected chi connectivity index (χ4v) is 6.54. The molecule has 1 aliphatic heterocycles. The van der Waals surface area contributed by atoms with Crippen molar-refractivity contribution in [2.75, 3.05) is 5.75 Å². The molecule has 1 aromatic rings. The standard InChI is InChI=1S/C15H26N2S2/c1-3-5-6-8-15(12-17-10-9-16-13-17)18-11-7-14(4-2)19-15/h9-10,13-14H,3-8,11-12H2,1-2H3. The molecular weight excluding hydrogens is 272 g/mol. The van der Waals surface area contributed by atoms with Crippen LogP contribution in [0.5, 0.6) is 0 Å². The first kappa shape index (κ1) is 15.3. The van der Waals surface area contributed by atoms with Gasteiger partial charge in [-0.15, -0.1) is 23.5 Å². The molecule has 108 valence electrons. The Labute approximate surface area is 126 Å². The van der Waals surface area contributed by atoms with Gasteiger partial charge in [0.15, 0.2) is 0 Å². The van der Waals surface area contributed by atoms with Crippen molar-refractivity contribution in [3.05, 3.63) is 18.7 Å². The van der Waals surface area contributed by atoms with E-state index in [1.54, 1.807) is 0 Å². The maximum Gasteiger partial charge on any atom is 0.0946 e. The maximum atomic E-state index is 4.20. The Morgan fingerprint density at radius 1 is 1.37 bits per heavy atom. The molecule has 2 nitrogen and oxygen atoms in total. The highest BCUT2D eigenvalue weighted by molar-refractivity contribution is 8.19. The third kappa shape index (κ3) is 4.45. The molecular formula is C15H26N2S2. The second-order valence-corrected chi connectivity index (χ2v) is 8.81. The van der Waals surface area contributed by atoms with Gasteiger partial charge in [0.2, 0.25) is 0 Å². The zero-order chi connectivity index (χ0) is 13.6. The first-order chi connectivity index (χ1) is 9.28. The van der Waals surface area contributed by atoms with Crippen molar-refractivity contribution >= 4 is 23.5 Å². The zero-order valence-corrected chi connectivity index (χ0v) is 13.8. The summed E-state index contributed by atoms with van der Waals surface area (Å²) in [5.74, 6) is 1.33. The monoisotopic (exact) mass is 298 g/mol. The SMILES string of the molecule is CCCCCC1(Cn2ccnc2)SCCC(CC)S1. The lowest BCUT2D eigenvalue weighted by atomic mass is 10.1. The van der Waals surface area contributed by atoms with Crippen LogP contribution in [0.25, 0.3) is 0 Å². The minimum absolute atomic E-state index is 0.384. The molecule has 0 aromatic carbocycles. The van der Waals surface area contributed by atoms with E-state index in [-0.39, 0.29) is 0 Å². The van der Waals surface area contributed by atoms with Gasteiger partial charge in [-0.05, 0) is 25.0 Å². The molecule has 0 radical (unpaired) electrons. The van der Waals surface area contributed by atoms with Crippen molar-refractivity contribution in [1.82, 2.24) is 9.55 Å². The molecule has 2 unspecified atom stereocenters. The molecule has 1 saturated heterocycles. The quantitative estimate of drug-likeness (QED) is 0.673. The Morgan fingerprint density at radius 2 is 2.26 bits per heavy atom. The van der Waals surface area contributed by atoms with Crippen LogP contribution in [-0.2, 0) is 6.54 Å². The third-order valence-corrected chi connectivity index (χ3v) is 7.39. The average molecular weight is 299 g/mol. The van der Waals surface area contributed by atoms with Crippen LogP contribution >= 0.6 is 23.5 Å². The number of hydrogen-bond acceptors (Lipinski definition) is 3. The van der Waals surface area contributed by atoms with Gasteiger partial charge in [0.05, 0.1) is 10.4 Å². The van der Waals surface area contributed by atoms with Crippen LogP contribution in [0.2, 0.25) is 0 Å². The van der Waals surface area contributed by atoms with Crippen LogP contribution < -0.4 is 0 Å². The second kappa shape index (κ2) is 7.63. The van der Waals surface area contributed by atoms with Crippen molar-refractivity contribution in [1.29, 1.82) is 0 Å². The van der Waals surface area contributed by atoms with Gasteiger partial charge >= 0.3 is 0 Å². The van der Waals surface area contributed by atoms with E-state index in [0.29, 0.717) is 4.08 Å². The van der Waals surface area contributed by atoms with Gasteiger partial charge in [0.25, 0.3) is 0 Å². The number of thioether (sulfide) groups is 2. The van der Waals surface area contributed by atoms with Gasteiger partial charge in [0.1, 0.15) is 0 Å². The van der Waals surface area contributed by atoms with Crippen LogP contribution in [0, 0.1) is 0 Å². The molecule has 0 bridgehead atoms. The zero-order valence-electron chi connectivity index (χ0n) is 12.2. The topological polar surface area (TPSA) is 17.8 Å². The summed E-state index contributed by atoms with van der Waals surface area (Å²) in [5, 5.41) is 0.853. The molecule has 2 atom stereocenters. The van der Waals surface area contributed by atoms with Crippen molar-refractivity contribution in [2.24, 2.45) is 0 Å². The van der Waals surface area contributed by atoms with E-state index in [1.807, 2.05) is 12.5 Å². The molecule has 2 heterocycles. The lowest BCUT2D eigenvalue weighted by Crippen LogP contribution is -2.33. The number of unbranched alkanes of at least 4 members (excludes halogenated alkanes) is 2. The molecule has 19 heavy (non-hydrogen) atoms. The molecule has 1 aromatic heterocycles. The van der Waals surface area contributed by atoms with E-state index >= 15 is 0 Å². The van der Waals surface area contributed by atoms with Gasteiger partial charge in [-0.3, -0.25) is 0 Å². The van der Waals surface area contributed by atoms with Crippen LogP contribution in [0.1, 0.15) is 52.4 Å². The summed E-state index contributed by atoms with van der Waals surface area (Å²) in [4.78, 5) is 4.20. The number of hydrogen-bond donors (Lipinski definition) is 0. The highest BCUT2D eigenvalue weighted by atomic mass is 32.2. The molecule has 1 aliphatic rings. The van der Waals surface area contributed by atoms with E-state index in [4.69, 9.17) is 0 Å². The molecule has 0 amide bonds. The first-order valence-electron chi connectivity index (χ1n) is 7.55. The summed E-state index contributed by atoms with van der Waals surface area (Å²) in [7, 11) is 0. The number of aromatic nitrogens is 2. The predicted molar refractivity (Wildman–Crippen MR) is 87.8 cm³/mol. The highest BCUT2D eigenvalue weighted by Gasteiger charge is 2.37. The fourth-order valence-electron chi connectivity index (χ4n) is 2.66. The van der Waals surface area contributed by atoms with E-state index in [2.05, 4.69) is 53.1 Å². The summed E-state index contributed by atoms with van der Waals surface area (Å²) < 4.78 is 2.65. The van der Waals surface area contributed by atoms with E-state index < -0.39 is 0 Å². The Kier molecular flexibility index (Phi) is 6.14. The summed E-state index contributed by atoms with van der Waals surface area (Å²) in [6.45, 7) is 5.74. The van der Waals surface area contributed by atoms with Crippen molar-refractivity contribution in [2.45, 2.75) is 68.2 Å². The van der Waals surface area contributed by atoms with Gasteiger partial charge < -0.3 is 4.57 Å². The minimum atomic E-state index is 0.384. The molecule has 4 heteroatoms. The smallest absolute Gasteiger partial charge is 0.0946 e. The van der Waals surface area contributed by atoms with Crippen LogP contribution in [-0.4, -0.2) is 24.6 Å². The Balaban J connectivity index is 2.02. The van der Waals surface area contributed by atoms with E-state index in [9.17, 15) is 0 Å². The molecule has 1 fully saturated rings. The van der Waals surface area contributed by atoms with Gasteiger partial charge in [-0.25, -0.2) is 4.98 Å². The lowest BCUT2D eigenvalue weighted by molar-refractivity contribution is 0.544. The maximum absolute atomic E-state index is 4.20. The Hall–Kier alpha value is -0.0900. The number of imidazole rings is 1. The Bertz CT molecular complexity index is 353. The average Bonchev–Trinajstić information content (AvgIpc) is 2.92. The second-order valence-electron chi connectivity index (χ2n) is 5.39. The van der Waals surface area contributed by atoms with Crippen LogP contribution in [0.15, 0.2) is 18.7 Å². The molecule has 0 spiro atoms. The van der Waals surface area contributed by atoms with Crippen LogP contribution in [0.3, 0.4) is 0 Å². The van der Waals surface area contributed by atoms with Crippen molar-refractivity contribution < 1.29 is 0 Å². The summed E-state index contributed by atoms with van der Waals surface area (Å²) >= 11 is 4.43. The minimum Gasteiger partial charge on any atom is -0.335 e. The number of nitrogens with zero attached hydrogens (tertiary/aromatic N) is 2. The van der Waals surface area contributed by atoms with E-state index in [0.717, 1.165) is 11.8 Å². The first-order valence-corrected chi connectivity index (χ1v) is 9.42. The Morgan fingerprint density at radius 3 is 2.95 bits per heavy atom. The van der Waals surface area contributed by atoms with E-state index in [1.165, 1.54) is 44.3 Å².